The standard InChI is InChI=1S/C17H20O2/c1-12-9-16(10-13(2)17(12)19)15-7-3-5-14(11-15)6-4-8-18/h3,5,7,9-11,18-19H,4,6,8H2,1-2H3. The second-order valence-corrected chi connectivity index (χ2v) is 4.99. The Morgan fingerprint density at radius 3 is 2.26 bits per heavy atom. The molecule has 2 heteroatoms. The summed E-state index contributed by atoms with van der Waals surface area (Å²) >= 11 is 0. The van der Waals surface area contributed by atoms with Crippen LogP contribution < -0.4 is 0 Å². The average Bonchev–Trinajstić information content (AvgIpc) is 2.42. The van der Waals surface area contributed by atoms with E-state index in [2.05, 4.69) is 18.2 Å². The molecule has 0 amide bonds. The number of aliphatic hydroxyl groups is 1. The lowest BCUT2D eigenvalue weighted by atomic mass is 9.97. The third kappa shape index (κ3) is 3.15. The first-order valence-electron chi connectivity index (χ1n) is 6.62. The molecule has 100 valence electrons. The molecular formula is C17H20O2. The summed E-state index contributed by atoms with van der Waals surface area (Å²) in [6, 6.07) is 12.4. The lowest BCUT2D eigenvalue weighted by Gasteiger charge is -2.09. The van der Waals surface area contributed by atoms with E-state index in [0.29, 0.717) is 5.75 Å². The zero-order valence-electron chi connectivity index (χ0n) is 11.5. The second-order valence-electron chi connectivity index (χ2n) is 4.99. The van der Waals surface area contributed by atoms with Gasteiger partial charge in [-0.3, -0.25) is 0 Å². The minimum atomic E-state index is 0.224. The van der Waals surface area contributed by atoms with Crippen molar-refractivity contribution in [1.82, 2.24) is 0 Å². The maximum atomic E-state index is 9.82. The summed E-state index contributed by atoms with van der Waals surface area (Å²) in [7, 11) is 0. The zero-order chi connectivity index (χ0) is 13.8. The van der Waals surface area contributed by atoms with Gasteiger partial charge >= 0.3 is 0 Å². The highest BCUT2D eigenvalue weighted by atomic mass is 16.3. The van der Waals surface area contributed by atoms with Gasteiger partial charge in [0.25, 0.3) is 0 Å². The van der Waals surface area contributed by atoms with Crippen LogP contribution in [-0.2, 0) is 6.42 Å². The van der Waals surface area contributed by atoms with E-state index in [1.165, 1.54) is 5.56 Å². The average molecular weight is 256 g/mol. The van der Waals surface area contributed by atoms with Gasteiger partial charge in [0.15, 0.2) is 0 Å². The fourth-order valence-electron chi connectivity index (χ4n) is 2.31. The van der Waals surface area contributed by atoms with Gasteiger partial charge < -0.3 is 10.2 Å². The van der Waals surface area contributed by atoms with Crippen molar-refractivity contribution in [3.63, 3.8) is 0 Å². The molecule has 0 aliphatic heterocycles. The number of phenolic OH excluding ortho intramolecular Hbond substituents is 1. The van der Waals surface area contributed by atoms with Crippen LogP contribution in [0.25, 0.3) is 11.1 Å². The van der Waals surface area contributed by atoms with Crippen molar-refractivity contribution < 1.29 is 10.2 Å². The van der Waals surface area contributed by atoms with Crippen LogP contribution in [0.2, 0.25) is 0 Å². The molecule has 2 rings (SSSR count). The number of aromatic hydroxyl groups is 1. The van der Waals surface area contributed by atoms with Crippen molar-refractivity contribution in [1.29, 1.82) is 0 Å². The highest BCUT2D eigenvalue weighted by Crippen LogP contribution is 2.29. The van der Waals surface area contributed by atoms with Crippen LogP contribution in [0.4, 0.5) is 0 Å². The highest BCUT2D eigenvalue weighted by molar-refractivity contribution is 5.67. The molecule has 0 saturated heterocycles. The Bertz CT molecular complexity index is 550. The number of hydrogen-bond acceptors (Lipinski definition) is 2. The van der Waals surface area contributed by atoms with Gasteiger partial charge in [-0.2, -0.15) is 0 Å². The van der Waals surface area contributed by atoms with Gasteiger partial charge in [-0.05, 0) is 66.6 Å². The smallest absolute Gasteiger partial charge is 0.121 e. The van der Waals surface area contributed by atoms with Crippen LogP contribution in [0.15, 0.2) is 36.4 Å². The number of hydrogen-bond donors (Lipinski definition) is 2. The summed E-state index contributed by atoms with van der Waals surface area (Å²) in [5.74, 6) is 0.375. The normalized spacial score (nSPS) is 10.7. The Morgan fingerprint density at radius 2 is 1.63 bits per heavy atom. The van der Waals surface area contributed by atoms with Gasteiger partial charge in [-0.25, -0.2) is 0 Å². The van der Waals surface area contributed by atoms with E-state index in [9.17, 15) is 5.11 Å². The summed E-state index contributed by atoms with van der Waals surface area (Å²) in [6.45, 7) is 4.06. The molecule has 19 heavy (non-hydrogen) atoms. The zero-order valence-corrected chi connectivity index (χ0v) is 11.5. The fourth-order valence-corrected chi connectivity index (χ4v) is 2.31. The van der Waals surface area contributed by atoms with Crippen LogP contribution in [0, 0.1) is 13.8 Å². The second kappa shape index (κ2) is 5.89. The molecule has 2 aromatic rings. The van der Waals surface area contributed by atoms with E-state index in [1.807, 2.05) is 32.0 Å². The number of rotatable bonds is 4. The summed E-state index contributed by atoms with van der Waals surface area (Å²) in [6.07, 6.45) is 1.68. The van der Waals surface area contributed by atoms with Crippen LogP contribution in [0.3, 0.4) is 0 Å². The molecule has 0 bridgehead atoms. The fraction of sp³-hybridized carbons (Fsp3) is 0.294. The van der Waals surface area contributed by atoms with Gasteiger partial charge in [0.1, 0.15) is 5.75 Å². The Kier molecular flexibility index (Phi) is 4.23. The van der Waals surface area contributed by atoms with E-state index in [1.54, 1.807) is 0 Å². The first-order valence-corrected chi connectivity index (χ1v) is 6.62. The third-order valence-corrected chi connectivity index (χ3v) is 3.37. The minimum Gasteiger partial charge on any atom is -0.507 e. The predicted octanol–water partition coefficient (Wildman–Crippen LogP) is 3.60. The van der Waals surface area contributed by atoms with Crippen molar-refractivity contribution >= 4 is 0 Å². The monoisotopic (exact) mass is 256 g/mol. The molecule has 2 N–H and O–H groups in total. The summed E-state index contributed by atoms with van der Waals surface area (Å²) in [5.41, 5.74) is 5.31. The summed E-state index contributed by atoms with van der Waals surface area (Å²) in [5, 5.41) is 18.7. The highest BCUT2D eigenvalue weighted by Gasteiger charge is 2.05. The van der Waals surface area contributed by atoms with E-state index in [4.69, 9.17) is 5.11 Å². The quantitative estimate of drug-likeness (QED) is 0.877. The lowest BCUT2D eigenvalue weighted by Crippen LogP contribution is -1.90. The summed E-state index contributed by atoms with van der Waals surface area (Å²) < 4.78 is 0. The van der Waals surface area contributed by atoms with Gasteiger partial charge in [-0.15, -0.1) is 0 Å². The van der Waals surface area contributed by atoms with E-state index in [0.717, 1.165) is 35.1 Å². The van der Waals surface area contributed by atoms with Gasteiger partial charge in [-0.1, -0.05) is 24.3 Å². The Labute approximate surface area is 114 Å². The molecule has 0 spiro atoms. The lowest BCUT2D eigenvalue weighted by molar-refractivity contribution is 0.288. The largest absolute Gasteiger partial charge is 0.507 e. The van der Waals surface area contributed by atoms with E-state index >= 15 is 0 Å². The molecule has 0 aromatic heterocycles. The van der Waals surface area contributed by atoms with Crippen LogP contribution in [0.5, 0.6) is 5.75 Å². The maximum Gasteiger partial charge on any atom is 0.121 e. The minimum absolute atomic E-state index is 0.224. The predicted molar refractivity (Wildman–Crippen MR) is 78.4 cm³/mol. The topological polar surface area (TPSA) is 40.5 Å². The number of aryl methyl sites for hydroxylation is 3. The molecule has 0 radical (unpaired) electrons. The third-order valence-electron chi connectivity index (χ3n) is 3.37. The molecule has 0 saturated carbocycles. The van der Waals surface area contributed by atoms with Crippen LogP contribution >= 0.6 is 0 Å². The van der Waals surface area contributed by atoms with E-state index < -0.39 is 0 Å². The molecule has 0 atom stereocenters. The molecule has 0 unspecified atom stereocenters. The van der Waals surface area contributed by atoms with Gasteiger partial charge in [0.05, 0.1) is 0 Å². The van der Waals surface area contributed by atoms with Crippen molar-refractivity contribution in [2.24, 2.45) is 0 Å². The first-order chi connectivity index (χ1) is 9.11. The molecule has 2 nitrogen and oxygen atoms in total. The maximum absolute atomic E-state index is 9.82. The molecular weight excluding hydrogens is 236 g/mol. The van der Waals surface area contributed by atoms with Crippen molar-refractivity contribution in [2.75, 3.05) is 6.61 Å². The molecule has 0 aliphatic rings. The van der Waals surface area contributed by atoms with Crippen LogP contribution in [-0.4, -0.2) is 16.8 Å². The molecule has 0 fully saturated rings. The van der Waals surface area contributed by atoms with Crippen molar-refractivity contribution in [2.45, 2.75) is 26.7 Å². The van der Waals surface area contributed by atoms with Crippen LogP contribution in [0.1, 0.15) is 23.1 Å². The number of benzene rings is 2. The van der Waals surface area contributed by atoms with E-state index in [-0.39, 0.29) is 6.61 Å². The summed E-state index contributed by atoms with van der Waals surface area (Å²) in [4.78, 5) is 0. The molecule has 0 aliphatic carbocycles. The molecule has 2 aromatic carbocycles. The van der Waals surface area contributed by atoms with Crippen molar-refractivity contribution in [3.8, 4) is 16.9 Å². The van der Waals surface area contributed by atoms with Crippen molar-refractivity contribution in [3.05, 3.63) is 53.1 Å². The Balaban J connectivity index is 2.36. The Morgan fingerprint density at radius 1 is 0.947 bits per heavy atom. The van der Waals surface area contributed by atoms with Gasteiger partial charge in [0, 0.05) is 6.61 Å². The SMILES string of the molecule is Cc1cc(-c2cccc(CCCO)c2)cc(C)c1O. The molecule has 0 heterocycles. The Hall–Kier alpha value is -1.80. The number of aliphatic hydroxyl groups excluding tert-OH is 1. The van der Waals surface area contributed by atoms with Gasteiger partial charge in [0.2, 0.25) is 0 Å². The number of phenols is 1. The first kappa shape index (κ1) is 13.6.